The van der Waals surface area contributed by atoms with E-state index in [9.17, 15) is 9.90 Å². The van der Waals surface area contributed by atoms with Crippen molar-refractivity contribution in [3.8, 4) is 5.75 Å². The van der Waals surface area contributed by atoms with Crippen molar-refractivity contribution in [2.45, 2.75) is 32.4 Å². The predicted molar refractivity (Wildman–Crippen MR) is 119 cm³/mol. The van der Waals surface area contributed by atoms with E-state index in [4.69, 9.17) is 19.3 Å². The van der Waals surface area contributed by atoms with Crippen LogP contribution in [-0.4, -0.2) is 74.6 Å². The maximum atomic E-state index is 11.2. The van der Waals surface area contributed by atoms with Crippen molar-refractivity contribution >= 4 is 18.5 Å². The molecule has 0 fully saturated rings. The molecule has 172 valence electrons. The van der Waals surface area contributed by atoms with E-state index in [1.807, 2.05) is 0 Å². The highest BCUT2D eigenvalue weighted by atomic mass is 32.1. The van der Waals surface area contributed by atoms with E-state index < -0.39 is 0 Å². The fraction of sp³-hybridized carbons (Fsp3) is 0.667. The van der Waals surface area contributed by atoms with Crippen LogP contribution in [0.25, 0.3) is 0 Å². The van der Waals surface area contributed by atoms with E-state index in [1.54, 1.807) is 18.2 Å². The number of carbonyl (C=O) groups excluding carboxylic acids is 1. The Morgan fingerprint density at radius 1 is 0.967 bits per heavy atom. The summed E-state index contributed by atoms with van der Waals surface area (Å²) in [6, 6.07) is 5.10. The van der Waals surface area contributed by atoms with Crippen LogP contribution in [0, 0.1) is 0 Å². The first-order valence-electron chi connectivity index (χ1n) is 10.4. The largest absolute Gasteiger partial charge is 0.508 e. The normalized spacial score (nSPS) is 11.0. The lowest BCUT2D eigenvalue weighted by Gasteiger charge is -2.09. The van der Waals surface area contributed by atoms with Gasteiger partial charge in [0, 0.05) is 38.3 Å². The average Bonchev–Trinajstić information content (AvgIpc) is 2.74. The van der Waals surface area contributed by atoms with Gasteiger partial charge in [-0.25, -0.2) is 0 Å². The highest BCUT2D eigenvalue weighted by Gasteiger charge is 2.02. The van der Waals surface area contributed by atoms with Gasteiger partial charge in [0.1, 0.15) is 5.75 Å². The standard InChI is InChI=1S/C21H36N2O6S/c24-17-18-3-4-20(25)19(15-18)16-22-6-1-8-27-10-12-29-13-11-28-9-2-7-23-21(26)5-14-30/h3-4,15,22,24-25,30H,1-2,5-14,16-17H2,(H,23,26). The topological polar surface area (TPSA) is 109 Å². The number of hydrogen-bond acceptors (Lipinski definition) is 8. The van der Waals surface area contributed by atoms with Crippen molar-refractivity contribution in [2.24, 2.45) is 0 Å². The number of aromatic hydroxyl groups is 1. The van der Waals surface area contributed by atoms with Crippen molar-refractivity contribution in [3.05, 3.63) is 29.3 Å². The quantitative estimate of drug-likeness (QED) is 0.161. The molecule has 0 spiro atoms. The molecule has 0 radical (unpaired) electrons. The minimum absolute atomic E-state index is 0.0243. The number of aliphatic hydroxyl groups excluding tert-OH is 1. The summed E-state index contributed by atoms with van der Waals surface area (Å²) in [6.45, 7) is 5.24. The minimum Gasteiger partial charge on any atom is -0.508 e. The van der Waals surface area contributed by atoms with Crippen LogP contribution >= 0.6 is 12.6 Å². The van der Waals surface area contributed by atoms with E-state index in [0.29, 0.717) is 64.9 Å². The average molecular weight is 445 g/mol. The number of rotatable bonds is 19. The summed E-state index contributed by atoms with van der Waals surface area (Å²) in [7, 11) is 0. The number of aliphatic hydroxyl groups is 1. The van der Waals surface area contributed by atoms with E-state index in [1.165, 1.54) is 0 Å². The van der Waals surface area contributed by atoms with Crippen molar-refractivity contribution in [1.82, 2.24) is 10.6 Å². The third-order valence-corrected chi connectivity index (χ3v) is 4.38. The Balaban J connectivity index is 1.82. The summed E-state index contributed by atoms with van der Waals surface area (Å²) >= 11 is 4.01. The molecule has 30 heavy (non-hydrogen) atoms. The number of thiol groups is 1. The molecule has 1 amide bonds. The second-order valence-corrected chi connectivity index (χ2v) is 7.11. The van der Waals surface area contributed by atoms with Crippen LogP contribution in [0.1, 0.15) is 30.4 Å². The van der Waals surface area contributed by atoms with Crippen molar-refractivity contribution in [3.63, 3.8) is 0 Å². The Labute approximate surface area is 184 Å². The van der Waals surface area contributed by atoms with E-state index >= 15 is 0 Å². The summed E-state index contributed by atoms with van der Waals surface area (Å²) in [5, 5.41) is 25.0. The number of benzene rings is 1. The van der Waals surface area contributed by atoms with Crippen LogP contribution in [0.5, 0.6) is 5.75 Å². The Morgan fingerprint density at radius 2 is 1.60 bits per heavy atom. The van der Waals surface area contributed by atoms with Gasteiger partial charge in [0.2, 0.25) is 5.91 Å². The molecule has 4 N–H and O–H groups in total. The molecule has 0 saturated heterocycles. The Hall–Kier alpha value is -1.36. The molecule has 1 aromatic carbocycles. The fourth-order valence-electron chi connectivity index (χ4n) is 2.53. The van der Waals surface area contributed by atoms with Gasteiger partial charge in [-0.15, -0.1) is 0 Å². The highest BCUT2D eigenvalue weighted by Crippen LogP contribution is 2.18. The van der Waals surface area contributed by atoms with Gasteiger partial charge >= 0.3 is 0 Å². The van der Waals surface area contributed by atoms with Gasteiger partial charge in [-0.3, -0.25) is 4.79 Å². The van der Waals surface area contributed by atoms with Crippen LogP contribution < -0.4 is 10.6 Å². The van der Waals surface area contributed by atoms with Gasteiger partial charge < -0.3 is 35.1 Å². The van der Waals surface area contributed by atoms with E-state index in [2.05, 4.69) is 23.3 Å². The Morgan fingerprint density at radius 3 is 2.23 bits per heavy atom. The number of carbonyl (C=O) groups is 1. The van der Waals surface area contributed by atoms with Gasteiger partial charge in [-0.1, -0.05) is 6.07 Å². The van der Waals surface area contributed by atoms with Crippen LogP contribution in [0.2, 0.25) is 0 Å². The summed E-state index contributed by atoms with van der Waals surface area (Å²) in [5.41, 5.74) is 1.56. The van der Waals surface area contributed by atoms with Crippen LogP contribution in [-0.2, 0) is 32.2 Å². The molecule has 0 aromatic heterocycles. The van der Waals surface area contributed by atoms with Gasteiger partial charge in [0.15, 0.2) is 0 Å². The second-order valence-electron chi connectivity index (χ2n) is 6.67. The molecule has 9 heteroatoms. The number of amides is 1. The molecule has 1 aromatic rings. The maximum Gasteiger partial charge on any atom is 0.220 e. The predicted octanol–water partition coefficient (Wildman–Crippen LogP) is 1.24. The summed E-state index contributed by atoms with van der Waals surface area (Å²) in [4.78, 5) is 11.2. The smallest absolute Gasteiger partial charge is 0.220 e. The molecule has 0 unspecified atom stereocenters. The summed E-state index contributed by atoms with van der Waals surface area (Å²) in [5.74, 6) is 0.816. The summed E-state index contributed by atoms with van der Waals surface area (Å²) in [6.07, 6.45) is 2.08. The molecule has 0 aliphatic rings. The highest BCUT2D eigenvalue weighted by molar-refractivity contribution is 7.80. The number of phenols is 1. The van der Waals surface area contributed by atoms with Gasteiger partial charge in [-0.05, 0) is 42.8 Å². The lowest BCUT2D eigenvalue weighted by Crippen LogP contribution is -2.25. The van der Waals surface area contributed by atoms with Crippen LogP contribution in [0.4, 0.5) is 0 Å². The summed E-state index contributed by atoms with van der Waals surface area (Å²) < 4.78 is 16.4. The number of nitrogens with one attached hydrogen (secondary N) is 2. The first kappa shape index (κ1) is 26.7. The lowest BCUT2D eigenvalue weighted by atomic mass is 10.1. The fourth-order valence-corrected chi connectivity index (χ4v) is 2.74. The molecular weight excluding hydrogens is 408 g/mol. The molecule has 1 rings (SSSR count). The Bertz CT molecular complexity index is 576. The third kappa shape index (κ3) is 13.8. The SMILES string of the molecule is O=C(CCS)NCCCOCCOCCOCCCNCc1cc(CO)ccc1O. The van der Waals surface area contributed by atoms with Crippen molar-refractivity contribution < 1.29 is 29.2 Å². The molecule has 0 atom stereocenters. The lowest BCUT2D eigenvalue weighted by molar-refractivity contribution is -0.120. The molecule has 8 nitrogen and oxygen atoms in total. The molecule has 0 bridgehead atoms. The van der Waals surface area contributed by atoms with E-state index in [-0.39, 0.29) is 18.3 Å². The molecule has 0 heterocycles. The number of phenolic OH excluding ortho intramolecular Hbond substituents is 1. The molecule has 0 aliphatic heterocycles. The van der Waals surface area contributed by atoms with Gasteiger partial charge in [0.25, 0.3) is 0 Å². The van der Waals surface area contributed by atoms with Gasteiger partial charge in [0.05, 0.1) is 33.0 Å². The van der Waals surface area contributed by atoms with Gasteiger partial charge in [-0.2, -0.15) is 12.6 Å². The number of ether oxygens (including phenoxy) is 3. The zero-order valence-electron chi connectivity index (χ0n) is 17.6. The van der Waals surface area contributed by atoms with E-state index in [0.717, 1.165) is 30.5 Å². The zero-order chi connectivity index (χ0) is 21.9. The van der Waals surface area contributed by atoms with Crippen LogP contribution in [0.3, 0.4) is 0 Å². The minimum atomic E-state index is -0.0358. The van der Waals surface area contributed by atoms with Crippen molar-refractivity contribution in [2.75, 3.05) is 58.5 Å². The molecular formula is C21H36N2O6S. The maximum absolute atomic E-state index is 11.2. The first-order valence-corrected chi connectivity index (χ1v) is 11.0. The molecule has 0 saturated carbocycles. The van der Waals surface area contributed by atoms with Crippen LogP contribution in [0.15, 0.2) is 18.2 Å². The molecule has 0 aliphatic carbocycles. The number of hydrogen-bond donors (Lipinski definition) is 5. The third-order valence-electron chi connectivity index (χ3n) is 4.15. The first-order chi connectivity index (χ1) is 14.7. The monoisotopic (exact) mass is 444 g/mol. The van der Waals surface area contributed by atoms with Crippen molar-refractivity contribution in [1.29, 1.82) is 0 Å². The second kappa shape index (κ2) is 18.4. The zero-order valence-corrected chi connectivity index (χ0v) is 18.5. The Kier molecular flexibility index (Phi) is 16.4.